The molecule has 2 rings (SSSR count). The molecule has 14 heteroatoms. The second-order valence-electron chi connectivity index (χ2n) is 5.68. The zero-order valence-electron chi connectivity index (χ0n) is 14.4. The van der Waals surface area contributed by atoms with Crippen molar-refractivity contribution in [3.05, 3.63) is 46.4 Å². The molecule has 30 heavy (non-hydrogen) atoms. The van der Waals surface area contributed by atoms with Crippen molar-refractivity contribution in [3.8, 4) is 11.5 Å². The van der Waals surface area contributed by atoms with Crippen LogP contribution < -0.4 is 14.2 Å². The minimum absolute atomic E-state index is 0.0243. The number of anilines is 1. The molecule has 0 amide bonds. The molecule has 0 heterocycles. The molecule has 2 aromatic carbocycles. The molecular formula is C16H11Cl2F6NO4S. The van der Waals surface area contributed by atoms with E-state index in [1.807, 2.05) is 4.72 Å². The monoisotopic (exact) mass is 497 g/mol. The molecular weight excluding hydrogens is 487 g/mol. The fourth-order valence-electron chi connectivity index (χ4n) is 2.02. The molecule has 2 aromatic rings. The topological polar surface area (TPSA) is 64.6 Å². The summed E-state index contributed by atoms with van der Waals surface area (Å²) in [5, 5.41) is -0.193. The second kappa shape index (κ2) is 8.98. The highest BCUT2D eigenvalue weighted by Crippen LogP contribution is 2.32. The summed E-state index contributed by atoms with van der Waals surface area (Å²) in [5.74, 6) is -1.16. The molecule has 0 bridgehead atoms. The first kappa shape index (κ1) is 24.2. The summed E-state index contributed by atoms with van der Waals surface area (Å²) in [6, 6.07) is 5.94. The van der Waals surface area contributed by atoms with Gasteiger partial charge in [0.2, 0.25) is 0 Å². The van der Waals surface area contributed by atoms with Crippen LogP contribution in [0.2, 0.25) is 10.0 Å². The van der Waals surface area contributed by atoms with Gasteiger partial charge in [-0.1, -0.05) is 23.2 Å². The quantitative estimate of drug-likeness (QED) is 0.500. The van der Waals surface area contributed by atoms with Gasteiger partial charge in [-0.2, -0.15) is 26.3 Å². The van der Waals surface area contributed by atoms with Crippen LogP contribution in [0.1, 0.15) is 0 Å². The van der Waals surface area contributed by atoms with Crippen molar-refractivity contribution >= 4 is 38.9 Å². The zero-order valence-corrected chi connectivity index (χ0v) is 16.8. The summed E-state index contributed by atoms with van der Waals surface area (Å²) in [5.41, 5.74) is -0.428. The van der Waals surface area contributed by atoms with Gasteiger partial charge in [-0.05, 0) is 18.2 Å². The van der Waals surface area contributed by atoms with Gasteiger partial charge in [-0.15, -0.1) is 0 Å². The van der Waals surface area contributed by atoms with Crippen LogP contribution in [0.25, 0.3) is 0 Å². The summed E-state index contributed by atoms with van der Waals surface area (Å²) < 4.78 is 110. The van der Waals surface area contributed by atoms with E-state index >= 15 is 0 Å². The van der Waals surface area contributed by atoms with Gasteiger partial charge in [0.15, 0.2) is 13.2 Å². The van der Waals surface area contributed by atoms with Crippen LogP contribution in [0.15, 0.2) is 41.3 Å². The molecule has 0 aliphatic heterocycles. The normalized spacial score (nSPS) is 12.5. The zero-order chi connectivity index (χ0) is 22.7. The Kier molecular flexibility index (Phi) is 7.25. The number of nitrogens with one attached hydrogen (secondary N) is 1. The van der Waals surface area contributed by atoms with E-state index < -0.39 is 57.7 Å². The van der Waals surface area contributed by atoms with E-state index in [9.17, 15) is 34.8 Å². The molecule has 0 saturated heterocycles. The molecule has 166 valence electrons. The second-order valence-corrected chi connectivity index (χ2v) is 8.18. The Morgan fingerprint density at radius 2 is 1.33 bits per heavy atom. The van der Waals surface area contributed by atoms with Gasteiger partial charge in [0, 0.05) is 23.2 Å². The van der Waals surface area contributed by atoms with Crippen molar-refractivity contribution in [2.24, 2.45) is 0 Å². The maximum absolute atomic E-state index is 12.5. The molecule has 0 spiro atoms. The summed E-state index contributed by atoms with van der Waals surface area (Å²) in [6.45, 7) is -3.52. The maximum atomic E-state index is 12.5. The van der Waals surface area contributed by atoms with Crippen LogP contribution in [0, 0.1) is 0 Å². The predicted molar refractivity (Wildman–Crippen MR) is 96.8 cm³/mol. The molecule has 5 nitrogen and oxygen atoms in total. The predicted octanol–water partition coefficient (Wildman–Crippen LogP) is 5.68. The lowest BCUT2D eigenvalue weighted by Crippen LogP contribution is -2.20. The van der Waals surface area contributed by atoms with Gasteiger partial charge in [-0.25, -0.2) is 8.42 Å². The van der Waals surface area contributed by atoms with Crippen molar-refractivity contribution in [3.63, 3.8) is 0 Å². The highest BCUT2D eigenvalue weighted by atomic mass is 35.5. The van der Waals surface area contributed by atoms with E-state index in [0.717, 1.165) is 24.3 Å². The molecule has 0 atom stereocenters. The van der Waals surface area contributed by atoms with Crippen LogP contribution in [0.3, 0.4) is 0 Å². The summed E-state index contributed by atoms with van der Waals surface area (Å²) in [7, 11) is -4.41. The standard InChI is InChI=1S/C16H11Cl2F6NO4S/c17-9-1-2-13(18)14(3-9)30(26,27)25-10-4-11(28-7-15(19,20)21)6-12(5-10)29-8-16(22,23)24/h1-6,25H,7-8H2. The maximum Gasteiger partial charge on any atom is 0.422 e. The van der Waals surface area contributed by atoms with E-state index in [2.05, 4.69) is 9.47 Å². The number of halogens is 8. The molecule has 0 unspecified atom stereocenters. The third-order valence-corrected chi connectivity index (χ3v) is 5.22. The molecule has 1 N–H and O–H groups in total. The first-order valence-electron chi connectivity index (χ1n) is 7.67. The Balaban J connectivity index is 2.37. The summed E-state index contributed by atoms with van der Waals surface area (Å²) >= 11 is 11.6. The van der Waals surface area contributed by atoms with Gasteiger partial charge in [-0.3, -0.25) is 4.72 Å². The van der Waals surface area contributed by atoms with Gasteiger partial charge < -0.3 is 9.47 Å². The van der Waals surface area contributed by atoms with Crippen LogP contribution in [-0.4, -0.2) is 34.0 Å². The van der Waals surface area contributed by atoms with Crippen LogP contribution in [0.4, 0.5) is 32.0 Å². The Morgan fingerprint density at radius 1 is 0.833 bits per heavy atom. The summed E-state index contributed by atoms with van der Waals surface area (Å²) in [4.78, 5) is -0.462. The number of rotatable bonds is 7. The van der Waals surface area contributed by atoms with Crippen molar-refractivity contribution in [2.75, 3.05) is 17.9 Å². The van der Waals surface area contributed by atoms with Gasteiger partial charge in [0.25, 0.3) is 10.0 Å². The Hall–Kier alpha value is -2.05. The first-order chi connectivity index (χ1) is 13.6. The van der Waals surface area contributed by atoms with Crippen molar-refractivity contribution in [1.29, 1.82) is 0 Å². The van der Waals surface area contributed by atoms with E-state index in [1.54, 1.807) is 0 Å². The van der Waals surface area contributed by atoms with E-state index in [1.165, 1.54) is 12.1 Å². The summed E-state index contributed by atoms with van der Waals surface area (Å²) in [6.07, 6.45) is -9.48. The smallest absolute Gasteiger partial charge is 0.422 e. The number of hydrogen-bond donors (Lipinski definition) is 1. The SMILES string of the molecule is O=S(=O)(Nc1cc(OCC(F)(F)F)cc(OCC(F)(F)F)c1)c1cc(Cl)ccc1Cl. The first-order valence-corrected chi connectivity index (χ1v) is 9.91. The molecule has 0 fully saturated rings. The Morgan fingerprint density at radius 3 is 1.80 bits per heavy atom. The molecule has 0 saturated carbocycles. The average molecular weight is 498 g/mol. The van der Waals surface area contributed by atoms with Crippen LogP contribution in [0.5, 0.6) is 11.5 Å². The molecule has 0 aliphatic carbocycles. The fourth-order valence-corrected chi connectivity index (χ4v) is 3.82. The van der Waals surface area contributed by atoms with E-state index in [-0.39, 0.29) is 10.0 Å². The van der Waals surface area contributed by atoms with Gasteiger partial charge >= 0.3 is 12.4 Å². The fraction of sp³-hybridized carbons (Fsp3) is 0.250. The van der Waals surface area contributed by atoms with Crippen molar-refractivity contribution in [1.82, 2.24) is 0 Å². The molecule has 0 radical (unpaired) electrons. The lowest BCUT2D eigenvalue weighted by Gasteiger charge is -2.15. The number of ether oxygens (including phenoxy) is 2. The lowest BCUT2D eigenvalue weighted by atomic mass is 10.3. The highest BCUT2D eigenvalue weighted by molar-refractivity contribution is 7.92. The van der Waals surface area contributed by atoms with Crippen molar-refractivity contribution < 1.29 is 44.2 Å². The number of alkyl halides is 6. The van der Waals surface area contributed by atoms with E-state index in [4.69, 9.17) is 23.2 Å². The van der Waals surface area contributed by atoms with Crippen molar-refractivity contribution in [2.45, 2.75) is 17.2 Å². The Labute approximate surface area is 176 Å². The highest BCUT2D eigenvalue weighted by Gasteiger charge is 2.30. The molecule has 0 aromatic heterocycles. The molecule has 0 aliphatic rings. The van der Waals surface area contributed by atoms with Crippen LogP contribution >= 0.6 is 23.2 Å². The third-order valence-electron chi connectivity index (χ3n) is 3.12. The van der Waals surface area contributed by atoms with Gasteiger partial charge in [0.1, 0.15) is 16.4 Å². The lowest BCUT2D eigenvalue weighted by molar-refractivity contribution is -0.153. The van der Waals surface area contributed by atoms with Crippen LogP contribution in [-0.2, 0) is 10.0 Å². The van der Waals surface area contributed by atoms with E-state index in [0.29, 0.717) is 0 Å². The number of sulfonamides is 1. The Bertz CT molecular complexity index is 976. The number of benzene rings is 2. The average Bonchev–Trinajstić information content (AvgIpc) is 2.58. The number of hydrogen-bond acceptors (Lipinski definition) is 4. The third kappa shape index (κ3) is 7.65. The minimum atomic E-state index is -4.74. The minimum Gasteiger partial charge on any atom is -0.484 e. The largest absolute Gasteiger partial charge is 0.484 e. The van der Waals surface area contributed by atoms with Gasteiger partial charge in [0.05, 0.1) is 10.7 Å².